The van der Waals surface area contributed by atoms with Crippen LogP contribution in [0.15, 0.2) is 48.8 Å². The monoisotopic (exact) mass is 310 g/mol. The van der Waals surface area contributed by atoms with Gasteiger partial charge < -0.3 is 14.8 Å². The number of aromatic nitrogens is 2. The van der Waals surface area contributed by atoms with Crippen LogP contribution >= 0.6 is 0 Å². The van der Waals surface area contributed by atoms with Crippen molar-refractivity contribution in [3.05, 3.63) is 54.4 Å². The summed E-state index contributed by atoms with van der Waals surface area (Å²) < 4.78 is 12.2. The van der Waals surface area contributed by atoms with Gasteiger partial charge in [0.25, 0.3) is 0 Å². The van der Waals surface area contributed by atoms with Gasteiger partial charge in [-0.1, -0.05) is 18.2 Å². The van der Waals surface area contributed by atoms with Crippen LogP contribution in [-0.2, 0) is 6.54 Å². The fraction of sp³-hybridized carbons (Fsp3) is 0.125. The number of nitrogens with zero attached hydrogens (tertiary/aromatic N) is 2. The minimum absolute atomic E-state index is 0.237. The molecule has 0 atom stereocenters. The molecule has 0 bridgehead atoms. The van der Waals surface area contributed by atoms with Crippen molar-refractivity contribution in [2.75, 3.05) is 12.2 Å². The molecule has 7 heteroatoms. The van der Waals surface area contributed by atoms with Crippen LogP contribution in [0.3, 0.4) is 0 Å². The Labute approximate surface area is 131 Å². The third-order valence-corrected chi connectivity index (χ3v) is 3.57. The number of benzene rings is 2. The summed E-state index contributed by atoms with van der Waals surface area (Å²) in [6.45, 7) is 0.621. The predicted octanol–water partition coefficient (Wildman–Crippen LogP) is 2.22. The summed E-state index contributed by atoms with van der Waals surface area (Å²) in [7, 11) is 0. The maximum absolute atomic E-state index is 12.0. The lowest BCUT2D eigenvalue weighted by Crippen LogP contribution is -2.33. The lowest BCUT2D eigenvalue weighted by atomic mass is 10.2. The molecule has 3 aromatic rings. The first-order chi connectivity index (χ1) is 11.3. The third kappa shape index (κ3) is 2.64. The third-order valence-electron chi connectivity index (χ3n) is 3.57. The number of urea groups is 1. The van der Waals surface area contributed by atoms with Crippen LogP contribution < -0.4 is 20.2 Å². The van der Waals surface area contributed by atoms with Gasteiger partial charge in [0.2, 0.25) is 6.79 Å². The average Bonchev–Trinajstić information content (AvgIpc) is 3.20. The molecular weight excluding hydrogens is 296 g/mol. The van der Waals surface area contributed by atoms with Gasteiger partial charge in [0.05, 0.1) is 11.0 Å². The van der Waals surface area contributed by atoms with Crippen molar-refractivity contribution >= 4 is 17.1 Å². The largest absolute Gasteiger partial charge is 0.454 e. The summed E-state index contributed by atoms with van der Waals surface area (Å²) in [5.74, 6) is 1.42. The number of ether oxygens (including phenoxy) is 2. The van der Waals surface area contributed by atoms with Crippen LogP contribution in [-0.4, -0.2) is 22.5 Å². The zero-order valence-corrected chi connectivity index (χ0v) is 12.2. The molecule has 0 radical (unpaired) electrons. The highest BCUT2D eigenvalue weighted by molar-refractivity contribution is 5.85. The minimum atomic E-state index is -0.314. The van der Waals surface area contributed by atoms with Crippen molar-refractivity contribution in [2.24, 2.45) is 0 Å². The SMILES string of the molecule is O=C(NCc1ccc2c(c1)OCO2)Nn1cnc2ccccc21. The second-order valence-electron chi connectivity index (χ2n) is 5.09. The summed E-state index contributed by atoms with van der Waals surface area (Å²) in [5, 5.41) is 2.80. The minimum Gasteiger partial charge on any atom is -0.454 e. The number of nitrogens with one attached hydrogen (secondary N) is 2. The van der Waals surface area contributed by atoms with Gasteiger partial charge in [-0.3, -0.25) is 0 Å². The Kier molecular flexibility index (Phi) is 3.23. The highest BCUT2D eigenvalue weighted by Crippen LogP contribution is 2.32. The molecule has 2 amide bonds. The summed E-state index contributed by atoms with van der Waals surface area (Å²) in [6, 6.07) is 12.8. The molecule has 2 N–H and O–H groups in total. The Morgan fingerprint density at radius 2 is 2.04 bits per heavy atom. The molecule has 1 aliphatic rings. The highest BCUT2D eigenvalue weighted by Gasteiger charge is 2.13. The summed E-state index contributed by atoms with van der Waals surface area (Å²) in [6.07, 6.45) is 1.57. The molecule has 0 saturated carbocycles. The Morgan fingerprint density at radius 1 is 1.17 bits per heavy atom. The number of fused-ring (bicyclic) bond motifs is 2. The molecule has 0 fully saturated rings. The smallest absolute Gasteiger partial charge is 0.334 e. The van der Waals surface area contributed by atoms with Crippen molar-refractivity contribution in [3.8, 4) is 11.5 Å². The maximum Gasteiger partial charge on any atom is 0.334 e. The molecule has 116 valence electrons. The van der Waals surface area contributed by atoms with Gasteiger partial charge in [0, 0.05) is 6.54 Å². The van der Waals surface area contributed by atoms with Crippen LogP contribution in [0, 0.1) is 0 Å². The number of hydrogen-bond acceptors (Lipinski definition) is 4. The molecule has 0 saturated heterocycles. The first kappa shape index (κ1) is 13.4. The van der Waals surface area contributed by atoms with E-state index >= 15 is 0 Å². The van der Waals surface area contributed by atoms with E-state index in [1.807, 2.05) is 42.5 Å². The Morgan fingerprint density at radius 3 is 3.00 bits per heavy atom. The van der Waals surface area contributed by atoms with Crippen LogP contribution in [0.2, 0.25) is 0 Å². The standard InChI is InChI=1S/C16H14N4O3/c21-16(19-20-9-18-12-3-1-2-4-13(12)20)17-8-11-5-6-14-15(7-11)23-10-22-14/h1-7,9H,8,10H2,(H2,17,19,21). The first-order valence-electron chi connectivity index (χ1n) is 7.15. The molecular formula is C16H14N4O3. The number of amides is 2. The normalized spacial score (nSPS) is 12.3. The van der Waals surface area contributed by atoms with Crippen molar-refractivity contribution in [2.45, 2.75) is 6.54 Å². The first-order valence-corrected chi connectivity index (χ1v) is 7.15. The Hall–Kier alpha value is -3.22. The van der Waals surface area contributed by atoms with Gasteiger partial charge >= 0.3 is 6.03 Å². The number of para-hydroxylation sites is 2. The van der Waals surface area contributed by atoms with Gasteiger partial charge in [-0.15, -0.1) is 0 Å². The van der Waals surface area contributed by atoms with Gasteiger partial charge in [-0.05, 0) is 29.8 Å². The van der Waals surface area contributed by atoms with Crippen LogP contribution in [0.4, 0.5) is 4.79 Å². The second-order valence-corrected chi connectivity index (χ2v) is 5.09. The zero-order chi connectivity index (χ0) is 15.6. The molecule has 0 aliphatic carbocycles. The van der Waals surface area contributed by atoms with Gasteiger partial charge in [-0.25, -0.2) is 19.9 Å². The van der Waals surface area contributed by atoms with E-state index in [9.17, 15) is 4.79 Å². The maximum atomic E-state index is 12.0. The van der Waals surface area contributed by atoms with E-state index < -0.39 is 0 Å². The molecule has 7 nitrogen and oxygen atoms in total. The number of carbonyl (C=O) groups excluding carboxylic acids is 1. The number of imidazole rings is 1. The second kappa shape index (κ2) is 5.53. The molecule has 4 rings (SSSR count). The molecule has 2 heterocycles. The van der Waals surface area contributed by atoms with E-state index in [0.29, 0.717) is 12.3 Å². The van der Waals surface area contributed by atoms with Crippen LogP contribution in [0.25, 0.3) is 11.0 Å². The van der Waals surface area contributed by atoms with Crippen molar-refractivity contribution < 1.29 is 14.3 Å². The topological polar surface area (TPSA) is 77.4 Å². The summed E-state index contributed by atoms with van der Waals surface area (Å²) in [4.78, 5) is 16.3. The van der Waals surface area contributed by atoms with Crippen molar-refractivity contribution in [1.29, 1.82) is 0 Å². The van der Waals surface area contributed by atoms with Gasteiger partial charge in [0.1, 0.15) is 6.33 Å². The average molecular weight is 310 g/mol. The zero-order valence-electron chi connectivity index (χ0n) is 12.2. The molecule has 1 aliphatic heterocycles. The number of hydrogen-bond donors (Lipinski definition) is 2. The van der Waals surface area contributed by atoms with Crippen LogP contribution in [0.5, 0.6) is 11.5 Å². The highest BCUT2D eigenvalue weighted by atomic mass is 16.7. The molecule has 0 unspecified atom stereocenters. The fourth-order valence-corrected chi connectivity index (χ4v) is 2.43. The van der Waals surface area contributed by atoms with E-state index in [1.54, 1.807) is 11.0 Å². The van der Waals surface area contributed by atoms with Crippen molar-refractivity contribution in [3.63, 3.8) is 0 Å². The summed E-state index contributed by atoms with van der Waals surface area (Å²) in [5.41, 5.74) is 5.33. The predicted molar refractivity (Wildman–Crippen MR) is 83.9 cm³/mol. The van der Waals surface area contributed by atoms with E-state index in [0.717, 1.165) is 22.3 Å². The number of carbonyl (C=O) groups is 1. The molecule has 23 heavy (non-hydrogen) atoms. The number of rotatable bonds is 3. The van der Waals surface area contributed by atoms with Crippen molar-refractivity contribution in [1.82, 2.24) is 15.0 Å². The lowest BCUT2D eigenvalue weighted by Gasteiger charge is -2.09. The molecule has 2 aromatic carbocycles. The van der Waals surface area contributed by atoms with E-state index in [4.69, 9.17) is 9.47 Å². The quantitative estimate of drug-likeness (QED) is 0.777. The molecule has 1 aromatic heterocycles. The Bertz CT molecular complexity index is 875. The lowest BCUT2D eigenvalue weighted by molar-refractivity contribution is 0.174. The van der Waals surface area contributed by atoms with E-state index in [-0.39, 0.29) is 12.8 Å². The molecule has 0 spiro atoms. The Balaban J connectivity index is 1.40. The fourth-order valence-electron chi connectivity index (χ4n) is 2.43. The van der Waals surface area contributed by atoms with E-state index in [2.05, 4.69) is 15.7 Å². The van der Waals surface area contributed by atoms with Gasteiger partial charge in [0.15, 0.2) is 11.5 Å². The van der Waals surface area contributed by atoms with Crippen LogP contribution in [0.1, 0.15) is 5.56 Å². The van der Waals surface area contributed by atoms with E-state index in [1.165, 1.54) is 0 Å². The van der Waals surface area contributed by atoms with Gasteiger partial charge in [-0.2, -0.15) is 0 Å². The summed E-state index contributed by atoms with van der Waals surface area (Å²) >= 11 is 0.